The predicted molar refractivity (Wildman–Crippen MR) is 79.6 cm³/mol. The highest BCUT2D eigenvalue weighted by Gasteiger charge is 2.28. The SMILES string of the molecule is CC(C)(C)n1nc(C2CCC2)c2cc(Br)c(=O)[nH]c21. The van der Waals surface area contributed by atoms with Gasteiger partial charge in [0.25, 0.3) is 5.56 Å². The quantitative estimate of drug-likeness (QED) is 0.873. The lowest BCUT2D eigenvalue weighted by Gasteiger charge is -2.24. The number of rotatable bonds is 1. The van der Waals surface area contributed by atoms with E-state index < -0.39 is 0 Å². The zero-order valence-corrected chi connectivity index (χ0v) is 13.0. The molecule has 0 spiro atoms. The number of nitrogens with one attached hydrogen (secondary N) is 1. The molecule has 1 saturated carbocycles. The van der Waals surface area contributed by atoms with Crippen LogP contribution in [0.4, 0.5) is 0 Å². The summed E-state index contributed by atoms with van der Waals surface area (Å²) in [4.78, 5) is 14.8. The Morgan fingerprint density at radius 2 is 2.11 bits per heavy atom. The maximum atomic E-state index is 11.8. The molecule has 1 aliphatic rings. The predicted octanol–water partition coefficient (Wildman–Crippen LogP) is 3.51. The summed E-state index contributed by atoms with van der Waals surface area (Å²) >= 11 is 3.32. The second-order valence-corrected chi connectivity index (χ2v) is 7.16. The van der Waals surface area contributed by atoms with Crippen molar-refractivity contribution >= 4 is 27.0 Å². The van der Waals surface area contributed by atoms with E-state index in [1.54, 1.807) is 0 Å². The molecule has 0 bridgehead atoms. The van der Waals surface area contributed by atoms with Crippen LogP contribution in [0.15, 0.2) is 15.3 Å². The molecule has 0 radical (unpaired) electrons. The minimum atomic E-state index is -0.142. The summed E-state index contributed by atoms with van der Waals surface area (Å²) < 4.78 is 2.53. The van der Waals surface area contributed by atoms with Crippen molar-refractivity contribution in [2.45, 2.75) is 51.5 Å². The van der Waals surface area contributed by atoms with Gasteiger partial charge in [-0.1, -0.05) is 6.42 Å². The number of aromatic nitrogens is 3. The molecule has 0 amide bonds. The van der Waals surface area contributed by atoms with E-state index in [0.717, 1.165) is 16.7 Å². The van der Waals surface area contributed by atoms with Gasteiger partial charge in [-0.05, 0) is 55.6 Å². The van der Waals surface area contributed by atoms with Gasteiger partial charge in [0.15, 0.2) is 0 Å². The molecule has 2 aromatic heterocycles. The zero-order chi connectivity index (χ0) is 13.8. The number of aromatic amines is 1. The van der Waals surface area contributed by atoms with Crippen molar-refractivity contribution in [3.8, 4) is 0 Å². The summed E-state index contributed by atoms with van der Waals surface area (Å²) in [7, 11) is 0. The molecule has 19 heavy (non-hydrogen) atoms. The first-order valence-electron chi connectivity index (χ1n) is 6.70. The van der Waals surface area contributed by atoms with Gasteiger partial charge < -0.3 is 4.98 Å². The summed E-state index contributed by atoms with van der Waals surface area (Å²) in [5, 5.41) is 5.87. The van der Waals surface area contributed by atoms with E-state index in [9.17, 15) is 4.79 Å². The number of hydrogen-bond acceptors (Lipinski definition) is 2. The molecule has 0 unspecified atom stereocenters. The third-order valence-electron chi connectivity index (χ3n) is 3.80. The van der Waals surface area contributed by atoms with Gasteiger partial charge >= 0.3 is 0 Å². The van der Waals surface area contributed by atoms with Crippen LogP contribution in [0.5, 0.6) is 0 Å². The molecule has 2 heterocycles. The molecule has 4 nitrogen and oxygen atoms in total. The van der Waals surface area contributed by atoms with E-state index in [4.69, 9.17) is 5.10 Å². The number of pyridine rings is 1. The minimum Gasteiger partial charge on any atom is -0.306 e. The first-order chi connectivity index (χ1) is 8.88. The van der Waals surface area contributed by atoms with E-state index in [-0.39, 0.29) is 11.1 Å². The molecule has 1 fully saturated rings. The summed E-state index contributed by atoms with van der Waals surface area (Å²) in [6.45, 7) is 6.30. The Labute approximate surface area is 120 Å². The van der Waals surface area contributed by atoms with Crippen molar-refractivity contribution in [2.75, 3.05) is 0 Å². The average molecular weight is 324 g/mol. The van der Waals surface area contributed by atoms with E-state index >= 15 is 0 Å². The summed E-state index contributed by atoms with van der Waals surface area (Å²) in [5.41, 5.74) is 1.73. The van der Waals surface area contributed by atoms with Gasteiger partial charge in [0.1, 0.15) is 5.65 Å². The van der Waals surface area contributed by atoms with Crippen molar-refractivity contribution in [3.05, 3.63) is 26.6 Å². The highest BCUT2D eigenvalue weighted by Crippen LogP contribution is 2.39. The molecule has 0 saturated heterocycles. The van der Waals surface area contributed by atoms with Gasteiger partial charge in [-0.25, -0.2) is 4.68 Å². The van der Waals surface area contributed by atoms with E-state index in [1.807, 2.05) is 10.7 Å². The summed E-state index contributed by atoms with van der Waals surface area (Å²) in [5.74, 6) is 0.545. The van der Waals surface area contributed by atoms with E-state index in [2.05, 4.69) is 41.7 Å². The molecule has 0 aromatic carbocycles. The molecular weight excluding hydrogens is 306 g/mol. The Morgan fingerprint density at radius 3 is 2.63 bits per heavy atom. The second kappa shape index (κ2) is 4.20. The number of hydrogen-bond donors (Lipinski definition) is 1. The molecule has 2 aromatic rings. The molecular formula is C14H18BrN3O. The number of fused-ring (bicyclic) bond motifs is 1. The third-order valence-corrected chi connectivity index (χ3v) is 4.39. The van der Waals surface area contributed by atoms with Gasteiger partial charge in [-0.3, -0.25) is 4.79 Å². The molecule has 0 atom stereocenters. The monoisotopic (exact) mass is 323 g/mol. The van der Waals surface area contributed by atoms with Crippen LogP contribution in [0.2, 0.25) is 0 Å². The van der Waals surface area contributed by atoms with Crippen LogP contribution in [0, 0.1) is 0 Å². The van der Waals surface area contributed by atoms with Crippen LogP contribution in [0.3, 0.4) is 0 Å². The Balaban J connectivity index is 2.32. The highest BCUT2D eigenvalue weighted by molar-refractivity contribution is 9.10. The Morgan fingerprint density at radius 1 is 1.42 bits per heavy atom. The van der Waals surface area contributed by atoms with Crippen LogP contribution < -0.4 is 5.56 Å². The summed E-state index contributed by atoms with van der Waals surface area (Å²) in [6.07, 6.45) is 3.68. The standard InChI is InChI=1S/C14H18BrN3O/c1-14(2,3)18-12-9(7-10(15)13(19)16-12)11(17-18)8-5-4-6-8/h7-8H,4-6H2,1-3H3,(H,16,19). The van der Waals surface area contributed by atoms with Crippen LogP contribution >= 0.6 is 15.9 Å². The Kier molecular flexibility index (Phi) is 2.85. The second-order valence-electron chi connectivity index (χ2n) is 6.30. The van der Waals surface area contributed by atoms with Gasteiger partial charge in [-0.15, -0.1) is 0 Å². The van der Waals surface area contributed by atoms with Crippen molar-refractivity contribution in [1.82, 2.24) is 14.8 Å². The van der Waals surface area contributed by atoms with Gasteiger partial charge in [0.2, 0.25) is 0 Å². The highest BCUT2D eigenvalue weighted by atomic mass is 79.9. The summed E-state index contributed by atoms with van der Waals surface area (Å²) in [6, 6.07) is 1.91. The van der Waals surface area contributed by atoms with Crippen molar-refractivity contribution in [1.29, 1.82) is 0 Å². The Hall–Kier alpha value is -1.10. The first-order valence-corrected chi connectivity index (χ1v) is 7.49. The largest absolute Gasteiger partial charge is 0.306 e. The molecule has 0 aliphatic heterocycles. The van der Waals surface area contributed by atoms with Crippen LogP contribution in [-0.2, 0) is 5.54 Å². The third kappa shape index (κ3) is 2.04. The molecule has 102 valence electrons. The number of halogens is 1. The van der Waals surface area contributed by atoms with E-state index in [0.29, 0.717) is 10.4 Å². The first kappa shape index (κ1) is 12.9. The lowest BCUT2D eigenvalue weighted by molar-refractivity contribution is 0.349. The fraction of sp³-hybridized carbons (Fsp3) is 0.571. The average Bonchev–Trinajstić information content (AvgIpc) is 2.56. The van der Waals surface area contributed by atoms with Crippen LogP contribution in [0.1, 0.15) is 51.6 Å². The van der Waals surface area contributed by atoms with Crippen molar-refractivity contribution < 1.29 is 0 Å². The molecule has 3 rings (SSSR count). The normalized spacial score (nSPS) is 16.8. The smallest absolute Gasteiger partial charge is 0.263 e. The van der Waals surface area contributed by atoms with Gasteiger partial charge in [-0.2, -0.15) is 5.10 Å². The number of H-pyrrole nitrogens is 1. The van der Waals surface area contributed by atoms with Crippen LogP contribution in [-0.4, -0.2) is 14.8 Å². The van der Waals surface area contributed by atoms with Crippen molar-refractivity contribution in [2.24, 2.45) is 0 Å². The minimum absolute atomic E-state index is 0.0990. The van der Waals surface area contributed by atoms with Gasteiger partial charge in [0, 0.05) is 11.3 Å². The fourth-order valence-corrected chi connectivity index (χ4v) is 2.87. The maximum absolute atomic E-state index is 11.8. The van der Waals surface area contributed by atoms with E-state index in [1.165, 1.54) is 19.3 Å². The maximum Gasteiger partial charge on any atom is 0.263 e. The Bertz CT molecular complexity index is 689. The number of nitrogens with zero attached hydrogens (tertiary/aromatic N) is 2. The molecule has 1 aliphatic carbocycles. The lowest BCUT2D eigenvalue weighted by Crippen LogP contribution is -2.25. The molecule has 5 heteroatoms. The topological polar surface area (TPSA) is 50.7 Å². The molecule has 1 N–H and O–H groups in total. The van der Waals surface area contributed by atoms with Gasteiger partial charge in [0.05, 0.1) is 15.7 Å². The fourth-order valence-electron chi connectivity index (χ4n) is 2.54. The lowest BCUT2D eigenvalue weighted by atomic mass is 9.82. The van der Waals surface area contributed by atoms with Crippen molar-refractivity contribution in [3.63, 3.8) is 0 Å². The van der Waals surface area contributed by atoms with Crippen LogP contribution in [0.25, 0.3) is 11.0 Å². The zero-order valence-electron chi connectivity index (χ0n) is 11.5.